The van der Waals surface area contributed by atoms with Crippen LogP contribution < -0.4 is 10.1 Å². The number of hydrogen-bond donors (Lipinski definition) is 1. The molecule has 2 aromatic rings. The van der Waals surface area contributed by atoms with Gasteiger partial charge in [-0.25, -0.2) is 0 Å². The number of anilines is 1. The van der Waals surface area contributed by atoms with E-state index in [9.17, 15) is 0 Å². The van der Waals surface area contributed by atoms with Gasteiger partial charge in [-0.2, -0.15) is 0 Å². The summed E-state index contributed by atoms with van der Waals surface area (Å²) in [6.07, 6.45) is 0. The largest absolute Gasteiger partial charge is 0.496 e. The molecule has 0 bridgehead atoms. The first-order valence-corrected chi connectivity index (χ1v) is 6.27. The zero-order valence-electron chi connectivity index (χ0n) is 11.3. The van der Waals surface area contributed by atoms with Crippen molar-refractivity contribution in [3.05, 3.63) is 59.7 Å². The Morgan fingerprint density at radius 2 is 1.84 bits per heavy atom. The van der Waals surface area contributed by atoms with Crippen molar-refractivity contribution in [3.63, 3.8) is 0 Å². The molecule has 2 aromatic carbocycles. The highest BCUT2D eigenvalue weighted by Gasteiger charge is 2.01. The normalized spacial score (nSPS) is 10.2. The summed E-state index contributed by atoms with van der Waals surface area (Å²) < 4.78 is 10.5. The summed E-state index contributed by atoms with van der Waals surface area (Å²) in [7, 11) is 3.40. The predicted octanol–water partition coefficient (Wildman–Crippen LogP) is 3.45. The molecule has 0 amide bonds. The molecule has 2 rings (SSSR count). The summed E-state index contributed by atoms with van der Waals surface area (Å²) in [4.78, 5) is 0. The molecule has 3 heteroatoms. The second kappa shape index (κ2) is 6.81. The predicted molar refractivity (Wildman–Crippen MR) is 77.5 cm³/mol. The number of benzene rings is 2. The van der Waals surface area contributed by atoms with Crippen LogP contribution in [0.5, 0.6) is 5.75 Å². The van der Waals surface area contributed by atoms with Gasteiger partial charge in [0, 0.05) is 24.9 Å². The van der Waals surface area contributed by atoms with Crippen LogP contribution in [-0.2, 0) is 17.9 Å². The van der Waals surface area contributed by atoms with Gasteiger partial charge >= 0.3 is 0 Å². The third-order valence-corrected chi connectivity index (χ3v) is 2.91. The Labute approximate surface area is 114 Å². The third-order valence-electron chi connectivity index (χ3n) is 2.91. The van der Waals surface area contributed by atoms with Gasteiger partial charge in [0.25, 0.3) is 0 Å². The number of para-hydroxylation sites is 1. The summed E-state index contributed by atoms with van der Waals surface area (Å²) >= 11 is 0. The van der Waals surface area contributed by atoms with Crippen molar-refractivity contribution in [2.45, 2.75) is 13.2 Å². The van der Waals surface area contributed by atoms with Crippen LogP contribution in [0.15, 0.2) is 48.5 Å². The van der Waals surface area contributed by atoms with Gasteiger partial charge in [-0.05, 0) is 23.8 Å². The topological polar surface area (TPSA) is 30.5 Å². The van der Waals surface area contributed by atoms with E-state index in [4.69, 9.17) is 9.47 Å². The molecule has 0 aliphatic carbocycles. The Morgan fingerprint density at radius 3 is 2.63 bits per heavy atom. The smallest absolute Gasteiger partial charge is 0.123 e. The van der Waals surface area contributed by atoms with Crippen molar-refractivity contribution in [1.29, 1.82) is 0 Å². The van der Waals surface area contributed by atoms with E-state index < -0.39 is 0 Å². The van der Waals surface area contributed by atoms with E-state index in [0.29, 0.717) is 6.61 Å². The Kier molecular flexibility index (Phi) is 4.81. The van der Waals surface area contributed by atoms with Gasteiger partial charge < -0.3 is 14.8 Å². The minimum absolute atomic E-state index is 0.629. The molecule has 0 fully saturated rings. The zero-order chi connectivity index (χ0) is 13.5. The fourth-order valence-electron chi connectivity index (χ4n) is 1.98. The van der Waals surface area contributed by atoms with Crippen molar-refractivity contribution in [3.8, 4) is 5.75 Å². The molecule has 0 aliphatic rings. The Morgan fingerprint density at radius 1 is 1.00 bits per heavy atom. The molecule has 1 N–H and O–H groups in total. The quantitative estimate of drug-likeness (QED) is 0.859. The van der Waals surface area contributed by atoms with Gasteiger partial charge in [0.15, 0.2) is 0 Å². The Hall–Kier alpha value is -2.00. The lowest BCUT2D eigenvalue weighted by Gasteiger charge is -2.11. The lowest BCUT2D eigenvalue weighted by atomic mass is 10.1. The first-order chi connectivity index (χ1) is 9.33. The van der Waals surface area contributed by atoms with Crippen molar-refractivity contribution in [1.82, 2.24) is 0 Å². The van der Waals surface area contributed by atoms with Crippen LogP contribution in [0.2, 0.25) is 0 Å². The van der Waals surface area contributed by atoms with Gasteiger partial charge in [0.2, 0.25) is 0 Å². The van der Waals surface area contributed by atoms with E-state index in [-0.39, 0.29) is 0 Å². The second-order valence-corrected chi connectivity index (χ2v) is 4.30. The molecule has 0 atom stereocenters. The molecule has 0 aliphatic heterocycles. The molecule has 0 radical (unpaired) electrons. The monoisotopic (exact) mass is 257 g/mol. The van der Waals surface area contributed by atoms with Gasteiger partial charge in [0.05, 0.1) is 13.7 Å². The molecule has 100 valence electrons. The van der Waals surface area contributed by atoms with Crippen LogP contribution >= 0.6 is 0 Å². The SMILES string of the molecule is COCc1cccc(NCc2ccccc2OC)c1. The Bertz CT molecular complexity index is 526. The van der Waals surface area contributed by atoms with E-state index in [1.165, 1.54) is 0 Å². The molecule has 0 saturated heterocycles. The van der Waals surface area contributed by atoms with E-state index in [1.807, 2.05) is 24.3 Å². The number of methoxy groups -OCH3 is 2. The van der Waals surface area contributed by atoms with E-state index >= 15 is 0 Å². The fourth-order valence-corrected chi connectivity index (χ4v) is 1.98. The molecular weight excluding hydrogens is 238 g/mol. The molecule has 3 nitrogen and oxygen atoms in total. The fraction of sp³-hybridized carbons (Fsp3) is 0.250. The average Bonchev–Trinajstić information content (AvgIpc) is 2.46. The van der Waals surface area contributed by atoms with Crippen LogP contribution in [0.4, 0.5) is 5.69 Å². The molecule has 0 heterocycles. The van der Waals surface area contributed by atoms with E-state index in [2.05, 4.69) is 29.6 Å². The summed E-state index contributed by atoms with van der Waals surface area (Å²) in [5.41, 5.74) is 3.38. The standard InChI is InChI=1S/C16H19NO2/c1-18-12-13-6-5-8-15(10-13)17-11-14-7-3-4-9-16(14)19-2/h3-10,17H,11-12H2,1-2H3. The maximum atomic E-state index is 5.34. The minimum atomic E-state index is 0.629. The first kappa shape index (κ1) is 13.4. The van der Waals surface area contributed by atoms with Gasteiger partial charge in [-0.15, -0.1) is 0 Å². The molecule has 0 saturated carbocycles. The Balaban J connectivity index is 2.03. The highest BCUT2D eigenvalue weighted by atomic mass is 16.5. The van der Waals surface area contributed by atoms with Crippen molar-refractivity contribution < 1.29 is 9.47 Å². The summed E-state index contributed by atoms with van der Waals surface area (Å²) in [5, 5.41) is 3.40. The average molecular weight is 257 g/mol. The minimum Gasteiger partial charge on any atom is -0.496 e. The second-order valence-electron chi connectivity index (χ2n) is 4.30. The maximum Gasteiger partial charge on any atom is 0.123 e. The summed E-state index contributed by atoms with van der Waals surface area (Å²) in [6.45, 7) is 1.37. The van der Waals surface area contributed by atoms with Gasteiger partial charge in [-0.1, -0.05) is 30.3 Å². The van der Waals surface area contributed by atoms with Crippen molar-refractivity contribution >= 4 is 5.69 Å². The van der Waals surface area contributed by atoms with E-state index in [0.717, 1.165) is 29.1 Å². The van der Waals surface area contributed by atoms with Crippen LogP contribution in [0.1, 0.15) is 11.1 Å². The van der Waals surface area contributed by atoms with Crippen LogP contribution in [-0.4, -0.2) is 14.2 Å². The lowest BCUT2D eigenvalue weighted by Crippen LogP contribution is -2.02. The van der Waals surface area contributed by atoms with Crippen molar-refractivity contribution in [2.24, 2.45) is 0 Å². The van der Waals surface area contributed by atoms with Crippen molar-refractivity contribution in [2.75, 3.05) is 19.5 Å². The molecule has 0 unspecified atom stereocenters. The van der Waals surface area contributed by atoms with E-state index in [1.54, 1.807) is 14.2 Å². The van der Waals surface area contributed by atoms with Crippen LogP contribution in [0, 0.1) is 0 Å². The molecule has 0 aromatic heterocycles. The van der Waals surface area contributed by atoms with Gasteiger partial charge in [-0.3, -0.25) is 0 Å². The number of rotatable bonds is 6. The van der Waals surface area contributed by atoms with Crippen LogP contribution in [0.25, 0.3) is 0 Å². The summed E-state index contributed by atoms with van der Waals surface area (Å²) in [6, 6.07) is 16.2. The zero-order valence-corrected chi connectivity index (χ0v) is 11.3. The lowest BCUT2D eigenvalue weighted by molar-refractivity contribution is 0.185. The third kappa shape index (κ3) is 3.73. The summed E-state index contributed by atoms with van der Waals surface area (Å²) in [5.74, 6) is 0.906. The highest BCUT2D eigenvalue weighted by molar-refractivity contribution is 5.47. The number of hydrogen-bond acceptors (Lipinski definition) is 3. The van der Waals surface area contributed by atoms with Gasteiger partial charge in [0.1, 0.15) is 5.75 Å². The number of ether oxygens (including phenoxy) is 2. The molecule has 0 spiro atoms. The molecular formula is C16H19NO2. The highest BCUT2D eigenvalue weighted by Crippen LogP contribution is 2.19. The first-order valence-electron chi connectivity index (χ1n) is 6.27. The maximum absolute atomic E-state index is 5.34. The molecule has 19 heavy (non-hydrogen) atoms. The number of nitrogens with one attached hydrogen (secondary N) is 1. The van der Waals surface area contributed by atoms with Crippen LogP contribution in [0.3, 0.4) is 0 Å².